The number of pyridine rings is 1. The van der Waals surface area contributed by atoms with Crippen LogP contribution in [0, 0.1) is 0 Å². The molecule has 8 heteroatoms. The molecule has 1 aliphatic rings. The Morgan fingerprint density at radius 2 is 2.00 bits per heavy atom. The topological polar surface area (TPSA) is 97.6 Å². The molecule has 1 aromatic carbocycles. The van der Waals surface area contributed by atoms with Crippen molar-refractivity contribution < 1.29 is 19.4 Å². The van der Waals surface area contributed by atoms with E-state index in [1.165, 1.54) is 12.0 Å². The van der Waals surface area contributed by atoms with Crippen LogP contribution in [0.25, 0.3) is 5.76 Å². The van der Waals surface area contributed by atoms with Crippen molar-refractivity contribution in [3.63, 3.8) is 0 Å². The second kappa shape index (κ2) is 8.83. The predicted molar refractivity (Wildman–Crippen MR) is 113 cm³/mol. The van der Waals surface area contributed by atoms with Crippen molar-refractivity contribution in [1.29, 1.82) is 0 Å². The normalized spacial score (nSPS) is 17.8. The highest BCUT2D eigenvalue weighted by atomic mass is 16.5. The van der Waals surface area contributed by atoms with Crippen molar-refractivity contribution in [3.05, 3.63) is 84.2 Å². The summed E-state index contributed by atoms with van der Waals surface area (Å²) in [6.07, 6.45) is 9.09. The summed E-state index contributed by atoms with van der Waals surface area (Å²) in [4.78, 5) is 35.6. The first kappa shape index (κ1) is 20.3. The molecule has 0 spiro atoms. The van der Waals surface area contributed by atoms with Crippen molar-refractivity contribution in [2.45, 2.75) is 19.0 Å². The number of aliphatic hydroxyl groups is 1. The van der Waals surface area contributed by atoms with E-state index in [4.69, 9.17) is 4.74 Å². The van der Waals surface area contributed by atoms with Gasteiger partial charge in [0.2, 0.25) is 0 Å². The number of ketones is 1. The Hall–Kier alpha value is -3.94. The fourth-order valence-electron chi connectivity index (χ4n) is 3.76. The molecule has 0 aliphatic carbocycles. The van der Waals surface area contributed by atoms with Gasteiger partial charge in [0.15, 0.2) is 0 Å². The highest BCUT2D eigenvalue weighted by Crippen LogP contribution is 2.39. The zero-order valence-electron chi connectivity index (χ0n) is 17.0. The zero-order valence-corrected chi connectivity index (χ0v) is 17.0. The predicted octanol–water partition coefficient (Wildman–Crippen LogP) is 2.80. The summed E-state index contributed by atoms with van der Waals surface area (Å²) in [7, 11) is 1.52. The van der Waals surface area contributed by atoms with Crippen LogP contribution >= 0.6 is 0 Å². The molecule has 0 radical (unpaired) electrons. The number of carbonyl (C=O) groups excluding carboxylic acids is 2. The lowest BCUT2D eigenvalue weighted by Gasteiger charge is -2.25. The van der Waals surface area contributed by atoms with Gasteiger partial charge in [0, 0.05) is 43.4 Å². The van der Waals surface area contributed by atoms with Crippen LogP contribution in [0.5, 0.6) is 5.75 Å². The van der Waals surface area contributed by atoms with E-state index < -0.39 is 17.7 Å². The minimum absolute atomic E-state index is 0.0499. The number of methoxy groups -OCH3 is 1. The van der Waals surface area contributed by atoms with E-state index in [0.717, 1.165) is 0 Å². The summed E-state index contributed by atoms with van der Waals surface area (Å²) in [6.45, 7) is 0.996. The van der Waals surface area contributed by atoms with Gasteiger partial charge in [-0.15, -0.1) is 0 Å². The number of benzene rings is 1. The fourth-order valence-corrected chi connectivity index (χ4v) is 3.76. The summed E-state index contributed by atoms with van der Waals surface area (Å²) in [6, 6.07) is 9.57. The Morgan fingerprint density at radius 1 is 1.13 bits per heavy atom. The highest BCUT2D eigenvalue weighted by Gasteiger charge is 2.45. The summed E-state index contributed by atoms with van der Waals surface area (Å²) in [5.74, 6) is -1.04. The Morgan fingerprint density at radius 3 is 2.71 bits per heavy atom. The molecule has 1 amide bonds. The third-order valence-electron chi connectivity index (χ3n) is 5.26. The molecule has 3 aromatic rings. The van der Waals surface area contributed by atoms with Gasteiger partial charge in [-0.2, -0.15) is 0 Å². The van der Waals surface area contributed by atoms with Crippen molar-refractivity contribution in [2.75, 3.05) is 13.7 Å². The maximum Gasteiger partial charge on any atom is 0.295 e. The van der Waals surface area contributed by atoms with Crippen LogP contribution in [0.3, 0.4) is 0 Å². The SMILES string of the molecule is COc1cccc(/C(O)=C2\C(=O)C(=O)N(CCCn3ccnc3)C2c2cccnc2)c1. The van der Waals surface area contributed by atoms with Gasteiger partial charge in [0.05, 0.1) is 25.1 Å². The largest absolute Gasteiger partial charge is 0.507 e. The van der Waals surface area contributed by atoms with Crippen molar-refractivity contribution in [3.8, 4) is 5.75 Å². The number of aromatic nitrogens is 3. The van der Waals surface area contributed by atoms with Crippen molar-refractivity contribution in [1.82, 2.24) is 19.4 Å². The van der Waals surface area contributed by atoms with E-state index in [1.807, 2.05) is 10.8 Å². The summed E-state index contributed by atoms with van der Waals surface area (Å²) >= 11 is 0. The third kappa shape index (κ3) is 4.05. The van der Waals surface area contributed by atoms with Crippen LogP contribution in [0.2, 0.25) is 0 Å². The second-order valence-corrected chi connectivity index (χ2v) is 7.16. The van der Waals surface area contributed by atoms with Crippen LogP contribution < -0.4 is 4.74 Å². The van der Waals surface area contributed by atoms with Crippen LogP contribution in [0.15, 0.2) is 73.1 Å². The van der Waals surface area contributed by atoms with Gasteiger partial charge in [0.25, 0.3) is 11.7 Å². The van der Waals surface area contributed by atoms with Gasteiger partial charge >= 0.3 is 0 Å². The molecule has 1 aliphatic heterocycles. The number of carbonyl (C=O) groups is 2. The van der Waals surface area contributed by atoms with Crippen LogP contribution in [0.1, 0.15) is 23.6 Å². The van der Waals surface area contributed by atoms with E-state index in [-0.39, 0.29) is 11.3 Å². The molecule has 8 nitrogen and oxygen atoms in total. The van der Waals surface area contributed by atoms with E-state index in [9.17, 15) is 14.7 Å². The van der Waals surface area contributed by atoms with Crippen LogP contribution in [-0.4, -0.2) is 49.9 Å². The number of hydrogen-bond acceptors (Lipinski definition) is 6. The zero-order chi connectivity index (χ0) is 21.8. The van der Waals surface area contributed by atoms with E-state index >= 15 is 0 Å². The molecular formula is C23H22N4O4. The van der Waals surface area contributed by atoms with E-state index in [2.05, 4.69) is 9.97 Å². The second-order valence-electron chi connectivity index (χ2n) is 7.16. The van der Waals surface area contributed by atoms with Gasteiger partial charge in [-0.3, -0.25) is 14.6 Å². The first-order valence-electron chi connectivity index (χ1n) is 9.88. The molecule has 3 heterocycles. The average molecular weight is 418 g/mol. The first-order valence-corrected chi connectivity index (χ1v) is 9.88. The molecule has 31 heavy (non-hydrogen) atoms. The molecule has 158 valence electrons. The molecule has 1 unspecified atom stereocenters. The number of amides is 1. The van der Waals surface area contributed by atoms with Gasteiger partial charge in [-0.25, -0.2) is 4.98 Å². The van der Waals surface area contributed by atoms with Gasteiger partial charge in [-0.1, -0.05) is 18.2 Å². The Balaban J connectivity index is 1.72. The molecule has 1 saturated heterocycles. The quantitative estimate of drug-likeness (QED) is 0.360. The van der Waals surface area contributed by atoms with Crippen LogP contribution in [0.4, 0.5) is 0 Å². The number of hydrogen-bond donors (Lipinski definition) is 1. The molecule has 1 atom stereocenters. The van der Waals surface area contributed by atoms with Gasteiger partial charge in [0.1, 0.15) is 11.5 Å². The maximum atomic E-state index is 13.0. The summed E-state index contributed by atoms with van der Waals surface area (Å²) in [5, 5.41) is 11.0. The molecule has 0 saturated carbocycles. The highest BCUT2D eigenvalue weighted by molar-refractivity contribution is 6.46. The number of likely N-dealkylation sites (tertiary alicyclic amines) is 1. The Bertz CT molecular complexity index is 1110. The molecule has 2 aromatic heterocycles. The monoisotopic (exact) mass is 418 g/mol. The molecule has 1 N–H and O–H groups in total. The number of aryl methyl sites for hydroxylation is 1. The minimum Gasteiger partial charge on any atom is -0.507 e. The minimum atomic E-state index is -0.720. The lowest BCUT2D eigenvalue weighted by molar-refractivity contribution is -0.139. The lowest BCUT2D eigenvalue weighted by Crippen LogP contribution is -2.31. The average Bonchev–Trinajstić information content (AvgIpc) is 3.41. The summed E-state index contributed by atoms with van der Waals surface area (Å²) < 4.78 is 7.13. The van der Waals surface area contributed by atoms with Crippen molar-refractivity contribution in [2.24, 2.45) is 0 Å². The lowest BCUT2D eigenvalue weighted by atomic mass is 9.96. The first-order chi connectivity index (χ1) is 15.1. The molecule has 0 bridgehead atoms. The number of aliphatic hydroxyl groups excluding tert-OH is 1. The van der Waals surface area contributed by atoms with E-state index in [1.54, 1.807) is 61.3 Å². The maximum absolute atomic E-state index is 13.0. The number of Topliss-reactive ketones (excluding diaryl/α,β-unsaturated/α-hetero) is 1. The summed E-state index contributed by atoms with van der Waals surface area (Å²) in [5.41, 5.74) is 1.12. The van der Waals surface area contributed by atoms with Gasteiger partial charge < -0.3 is 19.3 Å². The van der Waals surface area contributed by atoms with Gasteiger partial charge in [-0.05, 0) is 30.2 Å². The Kier molecular flexibility index (Phi) is 5.79. The molecule has 4 rings (SSSR count). The standard InChI is InChI=1S/C23H22N4O4/c1-31-18-7-2-5-16(13-18)21(28)19-20(17-6-3-8-24-14-17)27(23(30)22(19)29)11-4-10-26-12-9-25-15-26/h2-3,5-9,12-15,20,28H,4,10-11H2,1H3/b21-19+. The Labute approximate surface area is 179 Å². The third-order valence-corrected chi connectivity index (χ3v) is 5.26. The number of ether oxygens (including phenoxy) is 1. The number of rotatable bonds is 7. The van der Waals surface area contributed by atoms with Crippen LogP contribution in [-0.2, 0) is 16.1 Å². The smallest absolute Gasteiger partial charge is 0.295 e. The molecule has 1 fully saturated rings. The number of nitrogens with zero attached hydrogens (tertiary/aromatic N) is 4. The fraction of sp³-hybridized carbons (Fsp3) is 0.217. The number of imidazole rings is 1. The molecular weight excluding hydrogens is 396 g/mol. The van der Waals surface area contributed by atoms with Crippen molar-refractivity contribution >= 4 is 17.4 Å². The van der Waals surface area contributed by atoms with E-state index in [0.29, 0.717) is 36.4 Å².